The lowest BCUT2D eigenvalue weighted by Gasteiger charge is -2.38. The van der Waals surface area contributed by atoms with Crippen molar-refractivity contribution >= 4 is 22.4 Å². The van der Waals surface area contributed by atoms with Crippen LogP contribution in [0.4, 0.5) is 8.78 Å². The zero-order valence-electron chi connectivity index (χ0n) is 20.3. The van der Waals surface area contributed by atoms with Gasteiger partial charge in [-0.2, -0.15) is 5.10 Å². The fraction of sp³-hybridized carbons (Fsp3) is 0.259. The monoisotopic (exact) mass is 534 g/mol. The van der Waals surface area contributed by atoms with E-state index in [-0.39, 0.29) is 23.7 Å². The van der Waals surface area contributed by atoms with Crippen LogP contribution in [0.25, 0.3) is 27.2 Å². The molecular weight excluding hydrogens is 510 g/mol. The van der Waals surface area contributed by atoms with Crippen molar-refractivity contribution < 1.29 is 13.9 Å². The molecule has 0 spiro atoms. The standard InChI is InChI=1S/C27H24F2N6O2S/c28-20-3-5-21(6-4-20)35-25-22(12-32-35)26(36)34(16-31-25)15-27(37)7-9-33(10-8-27)14-19-2-1-18(11-23(19)29)24-13-30-17-38-24/h1-6,11-13,16-17,37H,7-10,14-15H2. The minimum atomic E-state index is -1.09. The van der Waals surface area contributed by atoms with E-state index in [0.29, 0.717) is 54.8 Å². The van der Waals surface area contributed by atoms with Crippen LogP contribution in [0.3, 0.4) is 0 Å². The van der Waals surface area contributed by atoms with Gasteiger partial charge in [-0.15, -0.1) is 11.3 Å². The Labute approximate surface area is 220 Å². The highest BCUT2D eigenvalue weighted by atomic mass is 32.1. The Balaban J connectivity index is 1.13. The highest BCUT2D eigenvalue weighted by Crippen LogP contribution is 2.28. The van der Waals surface area contributed by atoms with Crippen molar-refractivity contribution in [2.45, 2.75) is 31.5 Å². The number of nitrogens with zero attached hydrogens (tertiary/aromatic N) is 6. The number of fused-ring (bicyclic) bond motifs is 1. The van der Waals surface area contributed by atoms with Gasteiger partial charge in [0.05, 0.1) is 34.4 Å². The Kier molecular flexibility index (Phi) is 6.34. The molecule has 3 aromatic heterocycles. The smallest absolute Gasteiger partial charge is 0.264 e. The molecule has 1 N–H and O–H groups in total. The number of aromatic nitrogens is 5. The SMILES string of the molecule is O=c1c2cnn(-c3ccc(F)cc3)c2ncn1CC1(O)CCN(Cc2ccc(-c3cncs3)cc2F)CC1. The maximum Gasteiger partial charge on any atom is 0.264 e. The second kappa shape index (κ2) is 9.82. The number of halogens is 2. The number of benzene rings is 2. The number of piperidine rings is 1. The first kappa shape index (κ1) is 24.5. The molecule has 8 nitrogen and oxygen atoms in total. The summed E-state index contributed by atoms with van der Waals surface area (Å²) in [5.74, 6) is -0.626. The van der Waals surface area contributed by atoms with E-state index < -0.39 is 5.60 Å². The van der Waals surface area contributed by atoms with Crippen molar-refractivity contribution in [2.75, 3.05) is 13.1 Å². The third-order valence-electron chi connectivity index (χ3n) is 7.04. The van der Waals surface area contributed by atoms with Crippen LogP contribution in [0.5, 0.6) is 0 Å². The highest BCUT2D eigenvalue weighted by molar-refractivity contribution is 7.13. The summed E-state index contributed by atoms with van der Waals surface area (Å²) in [6, 6.07) is 11.0. The summed E-state index contributed by atoms with van der Waals surface area (Å²) < 4.78 is 31.0. The van der Waals surface area contributed by atoms with E-state index in [0.717, 1.165) is 10.4 Å². The summed E-state index contributed by atoms with van der Waals surface area (Å²) in [5.41, 5.74) is 2.70. The third-order valence-corrected chi connectivity index (χ3v) is 7.86. The molecule has 4 heterocycles. The molecule has 0 aliphatic carbocycles. The van der Waals surface area contributed by atoms with Gasteiger partial charge in [-0.1, -0.05) is 12.1 Å². The number of hydrogen-bond donors (Lipinski definition) is 1. The molecule has 0 amide bonds. The maximum atomic E-state index is 14.8. The van der Waals surface area contributed by atoms with Crippen LogP contribution in [0, 0.1) is 11.6 Å². The van der Waals surface area contributed by atoms with Gasteiger partial charge in [-0.3, -0.25) is 19.2 Å². The largest absolute Gasteiger partial charge is 0.388 e. The topological polar surface area (TPSA) is 89.1 Å². The van der Waals surface area contributed by atoms with E-state index in [4.69, 9.17) is 0 Å². The summed E-state index contributed by atoms with van der Waals surface area (Å²) >= 11 is 1.47. The maximum absolute atomic E-state index is 14.8. The number of aliphatic hydroxyl groups is 1. The van der Waals surface area contributed by atoms with Gasteiger partial charge in [0.1, 0.15) is 23.3 Å². The Morgan fingerprint density at radius 3 is 2.55 bits per heavy atom. The number of likely N-dealkylation sites (tertiary alicyclic amines) is 1. The third kappa shape index (κ3) is 4.75. The van der Waals surface area contributed by atoms with Gasteiger partial charge in [-0.05, 0) is 48.7 Å². The van der Waals surface area contributed by atoms with E-state index in [1.54, 1.807) is 29.9 Å². The van der Waals surface area contributed by atoms with Crippen molar-refractivity contribution in [2.24, 2.45) is 0 Å². The van der Waals surface area contributed by atoms with E-state index in [2.05, 4.69) is 20.0 Å². The second-order valence-corrected chi connectivity index (χ2v) is 10.5. The molecule has 0 bridgehead atoms. The first-order valence-corrected chi connectivity index (χ1v) is 13.1. The first-order chi connectivity index (χ1) is 18.4. The zero-order valence-corrected chi connectivity index (χ0v) is 21.1. The van der Waals surface area contributed by atoms with Gasteiger partial charge < -0.3 is 5.11 Å². The normalized spacial score (nSPS) is 15.8. The van der Waals surface area contributed by atoms with E-state index >= 15 is 0 Å². The molecule has 5 aromatic rings. The molecular formula is C27H24F2N6O2S. The molecule has 2 aromatic carbocycles. The Morgan fingerprint density at radius 1 is 1.05 bits per heavy atom. The van der Waals surface area contributed by atoms with Gasteiger partial charge in [-0.25, -0.2) is 18.4 Å². The molecule has 38 heavy (non-hydrogen) atoms. The predicted molar refractivity (Wildman–Crippen MR) is 140 cm³/mol. The van der Waals surface area contributed by atoms with Crippen molar-refractivity contribution in [1.29, 1.82) is 0 Å². The van der Waals surface area contributed by atoms with Gasteiger partial charge in [0, 0.05) is 31.4 Å². The van der Waals surface area contributed by atoms with Crippen LogP contribution >= 0.6 is 11.3 Å². The van der Waals surface area contributed by atoms with Crippen LogP contribution in [0.2, 0.25) is 0 Å². The first-order valence-electron chi connectivity index (χ1n) is 12.2. The molecule has 1 saturated heterocycles. The number of hydrogen-bond acceptors (Lipinski definition) is 7. The fourth-order valence-corrected chi connectivity index (χ4v) is 5.48. The molecule has 194 valence electrons. The molecule has 1 aliphatic rings. The summed E-state index contributed by atoms with van der Waals surface area (Å²) in [5, 5.41) is 15.8. The van der Waals surface area contributed by atoms with Gasteiger partial charge in [0.25, 0.3) is 5.56 Å². The molecule has 1 aliphatic heterocycles. The fourth-order valence-electron chi connectivity index (χ4n) is 4.86. The van der Waals surface area contributed by atoms with Crippen molar-refractivity contribution in [1.82, 2.24) is 29.2 Å². The van der Waals surface area contributed by atoms with Crippen LogP contribution < -0.4 is 5.56 Å². The average Bonchev–Trinajstić information content (AvgIpc) is 3.60. The predicted octanol–water partition coefficient (Wildman–Crippen LogP) is 4.01. The summed E-state index contributed by atoms with van der Waals surface area (Å²) in [7, 11) is 0. The van der Waals surface area contributed by atoms with Crippen molar-refractivity contribution in [3.8, 4) is 16.1 Å². The van der Waals surface area contributed by atoms with Crippen LogP contribution in [0.15, 0.2) is 71.5 Å². The average molecular weight is 535 g/mol. The van der Waals surface area contributed by atoms with Crippen LogP contribution in [0.1, 0.15) is 18.4 Å². The van der Waals surface area contributed by atoms with Crippen LogP contribution in [-0.4, -0.2) is 53.0 Å². The quantitative estimate of drug-likeness (QED) is 0.354. The van der Waals surface area contributed by atoms with Crippen LogP contribution in [-0.2, 0) is 13.1 Å². The number of thiazole rings is 1. The number of rotatable bonds is 6. The minimum absolute atomic E-state index is 0.0995. The zero-order chi connectivity index (χ0) is 26.3. The van der Waals surface area contributed by atoms with Crippen molar-refractivity contribution in [3.05, 3.63) is 94.2 Å². The second-order valence-electron chi connectivity index (χ2n) is 9.62. The molecule has 0 saturated carbocycles. The molecule has 6 rings (SSSR count). The summed E-state index contributed by atoms with van der Waals surface area (Å²) in [6.45, 7) is 1.68. The van der Waals surface area contributed by atoms with Crippen molar-refractivity contribution in [3.63, 3.8) is 0 Å². The molecule has 11 heteroatoms. The highest BCUT2D eigenvalue weighted by Gasteiger charge is 2.33. The van der Waals surface area contributed by atoms with E-state index in [9.17, 15) is 18.7 Å². The Bertz CT molecular complexity index is 1640. The molecule has 0 radical (unpaired) electrons. The van der Waals surface area contributed by atoms with E-state index in [1.807, 2.05) is 6.07 Å². The minimum Gasteiger partial charge on any atom is -0.388 e. The Morgan fingerprint density at radius 2 is 1.84 bits per heavy atom. The lowest BCUT2D eigenvalue weighted by atomic mass is 9.91. The van der Waals surface area contributed by atoms with Gasteiger partial charge in [0.2, 0.25) is 0 Å². The summed E-state index contributed by atoms with van der Waals surface area (Å²) in [6.07, 6.45) is 5.45. The van der Waals surface area contributed by atoms with Gasteiger partial charge >= 0.3 is 0 Å². The summed E-state index contributed by atoms with van der Waals surface area (Å²) in [4.78, 5) is 24.6. The van der Waals surface area contributed by atoms with Gasteiger partial charge in [0.15, 0.2) is 5.65 Å². The lowest BCUT2D eigenvalue weighted by Crippen LogP contribution is -2.47. The molecule has 1 fully saturated rings. The molecule has 0 atom stereocenters. The molecule has 0 unspecified atom stereocenters. The van der Waals surface area contributed by atoms with E-state index in [1.165, 1.54) is 51.3 Å². The lowest BCUT2D eigenvalue weighted by molar-refractivity contribution is -0.0366. The Hall–Kier alpha value is -3.80.